The third-order valence-corrected chi connectivity index (χ3v) is 7.95. The molecule has 4 heterocycles. The Hall–Kier alpha value is -1.47. The average Bonchev–Trinajstić information content (AvgIpc) is 3.31. The molecule has 1 aromatic rings. The Kier molecular flexibility index (Phi) is 4.27. The molecule has 5 rings (SSSR count). The molecule has 27 heavy (non-hydrogen) atoms. The molecule has 1 aliphatic carbocycles. The summed E-state index contributed by atoms with van der Waals surface area (Å²) in [6.07, 6.45) is 5.94. The molecule has 2 amide bonds. The van der Waals surface area contributed by atoms with Crippen molar-refractivity contribution in [3.63, 3.8) is 0 Å². The molecule has 1 spiro atoms. The first-order valence-electron chi connectivity index (χ1n) is 10.2. The first-order chi connectivity index (χ1) is 13.0. The zero-order valence-electron chi connectivity index (χ0n) is 15.8. The number of carbonyl (C=O) groups excluding carboxylic acids is 2. The highest BCUT2D eigenvalue weighted by atomic mass is 32.1. The molecule has 7 heteroatoms. The van der Waals surface area contributed by atoms with Gasteiger partial charge in [0.15, 0.2) is 0 Å². The van der Waals surface area contributed by atoms with E-state index in [2.05, 4.69) is 10.3 Å². The lowest BCUT2D eigenvalue weighted by Crippen LogP contribution is -2.44. The summed E-state index contributed by atoms with van der Waals surface area (Å²) >= 11 is 1.59. The van der Waals surface area contributed by atoms with Gasteiger partial charge >= 0.3 is 0 Å². The minimum absolute atomic E-state index is 0.147. The molecule has 1 saturated carbocycles. The summed E-state index contributed by atoms with van der Waals surface area (Å²) in [7, 11) is 0. The summed E-state index contributed by atoms with van der Waals surface area (Å²) in [5.74, 6) is 1.26. The maximum absolute atomic E-state index is 12.8. The van der Waals surface area contributed by atoms with E-state index < -0.39 is 0 Å². The topological polar surface area (TPSA) is 71.5 Å². The molecular formula is C20H27N3O3S. The van der Waals surface area contributed by atoms with Crippen molar-refractivity contribution in [2.75, 3.05) is 19.6 Å². The molecular weight excluding hydrogens is 362 g/mol. The van der Waals surface area contributed by atoms with Gasteiger partial charge in [0.05, 0.1) is 35.4 Å². The third-order valence-electron chi connectivity index (χ3n) is 7.12. The average molecular weight is 390 g/mol. The highest BCUT2D eigenvalue weighted by molar-refractivity contribution is 7.09. The maximum atomic E-state index is 12.8. The summed E-state index contributed by atoms with van der Waals surface area (Å²) in [5, 5.41) is 6.15. The van der Waals surface area contributed by atoms with E-state index in [-0.39, 0.29) is 29.4 Å². The second kappa shape index (κ2) is 6.55. The molecule has 146 valence electrons. The molecule has 4 fully saturated rings. The molecule has 0 radical (unpaired) electrons. The third kappa shape index (κ3) is 2.99. The predicted octanol–water partition coefficient (Wildman–Crippen LogP) is 1.92. The van der Waals surface area contributed by atoms with Crippen LogP contribution in [-0.4, -0.2) is 53.0 Å². The van der Waals surface area contributed by atoms with E-state index in [9.17, 15) is 9.59 Å². The standard InChI is InChI=1S/C20H27N3O3S/c1-12-22-14(10-27-12)7-18(24)23-9-16-15(8-21-19(25)13-3-2-4-13)17-5-6-20(16,11-23)26-17/h10,13,15-17H,2-9,11H2,1H3,(H,21,25)/t15-,16+,17+,20+/m0/s1. The number of ether oxygens (including phenoxy) is 1. The van der Waals surface area contributed by atoms with Crippen LogP contribution in [0.4, 0.5) is 0 Å². The lowest BCUT2D eigenvalue weighted by Gasteiger charge is -2.30. The molecule has 4 atom stereocenters. The number of carbonyl (C=O) groups is 2. The van der Waals surface area contributed by atoms with Gasteiger partial charge in [-0.2, -0.15) is 0 Å². The highest BCUT2D eigenvalue weighted by Crippen LogP contribution is 2.54. The summed E-state index contributed by atoms with van der Waals surface area (Å²) in [6.45, 7) is 4.11. The quantitative estimate of drug-likeness (QED) is 0.835. The van der Waals surface area contributed by atoms with Crippen molar-refractivity contribution < 1.29 is 14.3 Å². The Balaban J connectivity index is 1.23. The number of aryl methyl sites for hydroxylation is 1. The molecule has 3 aliphatic heterocycles. The Morgan fingerprint density at radius 1 is 1.41 bits per heavy atom. The number of aromatic nitrogens is 1. The summed E-state index contributed by atoms with van der Waals surface area (Å²) < 4.78 is 6.41. The van der Waals surface area contributed by atoms with Crippen LogP contribution in [-0.2, 0) is 20.7 Å². The van der Waals surface area contributed by atoms with Crippen LogP contribution in [0.5, 0.6) is 0 Å². The summed E-state index contributed by atoms with van der Waals surface area (Å²) in [6, 6.07) is 0. The van der Waals surface area contributed by atoms with Crippen LogP contribution in [0.2, 0.25) is 0 Å². The van der Waals surface area contributed by atoms with E-state index in [1.807, 2.05) is 17.2 Å². The second-order valence-electron chi connectivity index (χ2n) is 8.71. The van der Waals surface area contributed by atoms with Crippen LogP contribution < -0.4 is 5.32 Å². The molecule has 4 aliphatic rings. The Morgan fingerprint density at radius 2 is 2.26 bits per heavy atom. The van der Waals surface area contributed by atoms with Crippen molar-refractivity contribution in [1.82, 2.24) is 15.2 Å². The number of rotatable bonds is 5. The van der Waals surface area contributed by atoms with Crippen molar-refractivity contribution in [2.24, 2.45) is 17.8 Å². The van der Waals surface area contributed by atoms with E-state index in [4.69, 9.17) is 4.74 Å². The van der Waals surface area contributed by atoms with Gasteiger partial charge in [0.2, 0.25) is 11.8 Å². The van der Waals surface area contributed by atoms with Gasteiger partial charge in [-0.3, -0.25) is 9.59 Å². The van der Waals surface area contributed by atoms with E-state index in [1.165, 1.54) is 6.42 Å². The highest BCUT2D eigenvalue weighted by Gasteiger charge is 2.63. The van der Waals surface area contributed by atoms with Gasteiger partial charge in [-0.1, -0.05) is 6.42 Å². The molecule has 3 saturated heterocycles. The van der Waals surface area contributed by atoms with E-state index >= 15 is 0 Å². The molecule has 2 bridgehead atoms. The van der Waals surface area contributed by atoms with Crippen LogP contribution >= 0.6 is 11.3 Å². The number of amides is 2. The molecule has 1 aromatic heterocycles. The van der Waals surface area contributed by atoms with E-state index in [1.54, 1.807) is 11.3 Å². The molecule has 0 unspecified atom stereocenters. The van der Waals surface area contributed by atoms with Gasteiger partial charge in [0.1, 0.15) is 0 Å². The minimum atomic E-state index is -0.176. The van der Waals surface area contributed by atoms with Crippen LogP contribution in [0.3, 0.4) is 0 Å². The molecule has 6 nitrogen and oxygen atoms in total. The van der Waals surface area contributed by atoms with Gasteiger partial charge < -0.3 is 15.0 Å². The number of likely N-dealkylation sites (tertiary alicyclic amines) is 1. The van der Waals surface area contributed by atoms with Gasteiger partial charge in [0.25, 0.3) is 0 Å². The van der Waals surface area contributed by atoms with Crippen LogP contribution in [0.15, 0.2) is 5.38 Å². The predicted molar refractivity (Wildman–Crippen MR) is 101 cm³/mol. The number of nitrogens with one attached hydrogen (secondary N) is 1. The van der Waals surface area contributed by atoms with Gasteiger partial charge in [-0.25, -0.2) is 4.98 Å². The zero-order valence-corrected chi connectivity index (χ0v) is 16.6. The van der Waals surface area contributed by atoms with Gasteiger partial charge in [-0.05, 0) is 32.6 Å². The number of thiazole rings is 1. The minimum Gasteiger partial charge on any atom is -0.369 e. The number of fused-ring (bicyclic) bond motifs is 1. The maximum Gasteiger partial charge on any atom is 0.228 e. The van der Waals surface area contributed by atoms with Crippen molar-refractivity contribution in [3.05, 3.63) is 16.1 Å². The van der Waals surface area contributed by atoms with Gasteiger partial charge in [-0.15, -0.1) is 11.3 Å². The Bertz CT molecular complexity index is 761. The fourth-order valence-corrected chi connectivity index (χ4v) is 6.06. The SMILES string of the molecule is Cc1nc(CC(=O)N2C[C@@H]3[C@H](CNC(=O)C4CCC4)[C@H]4CC[C@]3(C2)O4)cs1. The summed E-state index contributed by atoms with van der Waals surface area (Å²) in [5.41, 5.74) is 0.691. The van der Waals surface area contributed by atoms with Crippen LogP contribution in [0.25, 0.3) is 0 Å². The molecule has 1 N–H and O–H groups in total. The Labute approximate surface area is 163 Å². The van der Waals surface area contributed by atoms with Crippen molar-refractivity contribution in [3.8, 4) is 0 Å². The smallest absolute Gasteiger partial charge is 0.228 e. The lowest BCUT2D eigenvalue weighted by atomic mass is 9.73. The lowest BCUT2D eigenvalue weighted by molar-refractivity contribution is -0.131. The van der Waals surface area contributed by atoms with E-state index in [0.717, 1.165) is 42.9 Å². The monoisotopic (exact) mass is 389 g/mol. The van der Waals surface area contributed by atoms with E-state index in [0.29, 0.717) is 31.3 Å². The fraction of sp³-hybridized carbons (Fsp3) is 0.750. The number of hydrogen-bond donors (Lipinski definition) is 1. The normalized spacial score (nSPS) is 34.6. The first kappa shape index (κ1) is 17.6. The molecule has 0 aromatic carbocycles. The van der Waals surface area contributed by atoms with Crippen molar-refractivity contribution in [1.29, 1.82) is 0 Å². The van der Waals surface area contributed by atoms with Crippen LogP contribution in [0, 0.1) is 24.7 Å². The van der Waals surface area contributed by atoms with Crippen molar-refractivity contribution in [2.45, 2.75) is 57.2 Å². The largest absolute Gasteiger partial charge is 0.369 e. The number of nitrogens with zero attached hydrogens (tertiary/aromatic N) is 2. The summed E-state index contributed by atoms with van der Waals surface area (Å²) in [4.78, 5) is 31.4. The first-order valence-corrected chi connectivity index (χ1v) is 11.1. The Morgan fingerprint density at radius 3 is 2.96 bits per heavy atom. The van der Waals surface area contributed by atoms with Crippen LogP contribution in [0.1, 0.15) is 42.8 Å². The zero-order chi connectivity index (χ0) is 18.6. The van der Waals surface area contributed by atoms with Crippen molar-refractivity contribution >= 4 is 23.2 Å². The second-order valence-corrected chi connectivity index (χ2v) is 9.77. The number of hydrogen-bond acceptors (Lipinski definition) is 5. The van der Waals surface area contributed by atoms with Gasteiger partial charge in [0, 0.05) is 36.2 Å². The fourth-order valence-electron chi connectivity index (χ4n) is 5.44.